The Morgan fingerprint density at radius 1 is 1.02 bits per heavy atom. The topological polar surface area (TPSA) is 244 Å². The number of nitrogens with two attached hydrogens (primary N) is 1. The molecule has 1 saturated carbocycles. The third-order valence-electron chi connectivity index (χ3n) is 11.9. The molecule has 7 N–H and O–H groups in total. The molecule has 5 amide bonds. The number of hydrogen-bond acceptors (Lipinski definition) is 12. The van der Waals surface area contributed by atoms with Crippen molar-refractivity contribution in [1.82, 2.24) is 25.4 Å². The molecule has 1 aliphatic carbocycles. The Balaban J connectivity index is 1.01. The predicted octanol–water partition coefficient (Wildman–Crippen LogP) is 4.87. The van der Waals surface area contributed by atoms with Crippen molar-refractivity contribution in [3.63, 3.8) is 0 Å². The molecule has 2 atom stereocenters. The normalized spacial score (nSPS) is 15.1. The monoisotopic (exact) mass is 930 g/mol. The number of benzene rings is 2. The van der Waals surface area contributed by atoms with Gasteiger partial charge < -0.3 is 55.9 Å². The number of piperazine rings is 1. The minimum Gasteiger partial charge on any atom is -0.477 e. The molecule has 4 aromatic rings. The predicted molar refractivity (Wildman–Crippen MR) is 246 cm³/mol. The zero-order valence-corrected chi connectivity index (χ0v) is 37.5. The molecule has 0 unspecified atom stereocenters. The van der Waals surface area contributed by atoms with Gasteiger partial charge in [-0.15, -0.1) is 0 Å². The smallest absolute Gasteiger partial charge is 0.410 e. The first kappa shape index (κ1) is 48.5. The third-order valence-corrected chi connectivity index (χ3v) is 12.6. The van der Waals surface area contributed by atoms with Crippen molar-refractivity contribution < 1.29 is 47.7 Å². The second kappa shape index (κ2) is 22.3. The fourth-order valence-corrected chi connectivity index (χ4v) is 8.69. The Hall–Kier alpha value is -6.96. The summed E-state index contributed by atoms with van der Waals surface area (Å²) in [5, 5.41) is 25.0. The van der Waals surface area contributed by atoms with Crippen LogP contribution in [-0.4, -0.2) is 102 Å². The lowest BCUT2D eigenvalue weighted by molar-refractivity contribution is -0.150. The molecule has 2 aliphatic rings. The molecule has 6 rings (SSSR count). The van der Waals surface area contributed by atoms with E-state index in [1.165, 1.54) is 28.5 Å². The number of anilines is 2. The summed E-state index contributed by atoms with van der Waals surface area (Å²) in [5.74, 6) is -3.46. The fourth-order valence-electron chi connectivity index (χ4n) is 7.98. The maximum absolute atomic E-state index is 15.4. The van der Waals surface area contributed by atoms with Crippen LogP contribution in [0.15, 0.2) is 76.9 Å². The van der Waals surface area contributed by atoms with E-state index in [0.717, 1.165) is 11.6 Å². The zero-order chi connectivity index (χ0) is 47.4. The number of rotatable bonds is 21. The van der Waals surface area contributed by atoms with E-state index in [2.05, 4.69) is 27.8 Å². The van der Waals surface area contributed by atoms with Gasteiger partial charge in [0, 0.05) is 69.1 Å². The second-order valence-electron chi connectivity index (χ2n) is 16.2. The number of halogens is 1. The molecule has 0 spiro atoms. The molecule has 2 aromatic heterocycles. The molecule has 1 saturated heterocycles. The van der Waals surface area contributed by atoms with E-state index in [9.17, 15) is 38.7 Å². The molecule has 2 aromatic carbocycles. The van der Waals surface area contributed by atoms with Crippen molar-refractivity contribution in [2.24, 2.45) is 11.1 Å². The summed E-state index contributed by atoms with van der Waals surface area (Å²) < 4.78 is 27.7. The van der Waals surface area contributed by atoms with Gasteiger partial charge in [0.15, 0.2) is 0 Å². The largest absolute Gasteiger partial charge is 0.477 e. The number of carbonyl (C=O) groups is 6. The number of nitrogens with zero attached hydrogens (tertiary/aromatic N) is 3. The zero-order valence-electron chi connectivity index (χ0n) is 36.6. The Kier molecular flexibility index (Phi) is 16.4. The number of esters is 1. The van der Waals surface area contributed by atoms with Crippen LogP contribution in [0.25, 0.3) is 10.9 Å². The van der Waals surface area contributed by atoms with Crippen molar-refractivity contribution in [2.45, 2.75) is 70.7 Å². The summed E-state index contributed by atoms with van der Waals surface area (Å²) in [4.78, 5) is 92.4. The first-order valence-electron chi connectivity index (χ1n) is 21.8. The number of urea groups is 1. The SMILES string of the molecule is C=CCOC(=O)C[C@H](NC(=O)C1(C(=O)N[C@@H](CCCNC(N)=O)CNc2ccc(COC(=O)N3CCN(c4cc5c(cc4F)c(=O)c(C(=O)O)cn5CC)CC3)cc2)CCC1)c1ccsc1. The van der Waals surface area contributed by atoms with E-state index >= 15 is 4.39 Å². The summed E-state index contributed by atoms with van der Waals surface area (Å²) in [5.41, 5.74) is 5.55. The molecule has 18 nitrogen and oxygen atoms in total. The molecule has 0 radical (unpaired) electrons. The maximum atomic E-state index is 15.4. The number of carbonyl (C=O) groups excluding carboxylic acids is 5. The van der Waals surface area contributed by atoms with Gasteiger partial charge in [0.2, 0.25) is 17.2 Å². The minimum atomic E-state index is -1.38. The number of amides is 5. The first-order valence-corrected chi connectivity index (χ1v) is 22.7. The van der Waals surface area contributed by atoms with Crippen LogP contribution in [0.5, 0.6) is 0 Å². The van der Waals surface area contributed by atoms with Gasteiger partial charge in [0.1, 0.15) is 30.0 Å². The van der Waals surface area contributed by atoms with Crippen LogP contribution in [-0.2, 0) is 37.0 Å². The van der Waals surface area contributed by atoms with Crippen LogP contribution in [0.2, 0.25) is 0 Å². The number of hydrogen-bond donors (Lipinski definition) is 6. The molecule has 3 heterocycles. The Morgan fingerprint density at radius 3 is 2.36 bits per heavy atom. The number of primary amides is 1. The molecule has 352 valence electrons. The van der Waals surface area contributed by atoms with Crippen molar-refractivity contribution in [1.29, 1.82) is 0 Å². The van der Waals surface area contributed by atoms with Gasteiger partial charge in [-0.25, -0.2) is 18.8 Å². The van der Waals surface area contributed by atoms with Crippen LogP contribution >= 0.6 is 11.3 Å². The number of fused-ring (bicyclic) bond motifs is 1. The Morgan fingerprint density at radius 2 is 1.74 bits per heavy atom. The highest BCUT2D eigenvalue weighted by Gasteiger charge is 2.51. The molecule has 66 heavy (non-hydrogen) atoms. The van der Waals surface area contributed by atoms with Crippen LogP contribution < -0.4 is 37.3 Å². The molecule has 20 heteroatoms. The molecular weight excluding hydrogens is 876 g/mol. The van der Waals surface area contributed by atoms with E-state index in [0.29, 0.717) is 68.5 Å². The van der Waals surface area contributed by atoms with E-state index in [1.807, 2.05) is 16.8 Å². The lowest BCUT2D eigenvalue weighted by Crippen LogP contribution is -2.58. The van der Waals surface area contributed by atoms with Crippen molar-refractivity contribution >= 4 is 69.5 Å². The second-order valence-corrected chi connectivity index (χ2v) is 17.0. The number of nitrogens with one attached hydrogen (secondary N) is 4. The lowest BCUT2D eigenvalue weighted by Gasteiger charge is -2.40. The lowest BCUT2D eigenvalue weighted by atomic mass is 9.67. The highest BCUT2D eigenvalue weighted by atomic mass is 32.1. The number of aromatic nitrogens is 1. The van der Waals surface area contributed by atoms with Gasteiger partial charge in [-0.2, -0.15) is 11.3 Å². The molecule has 2 fully saturated rings. The highest BCUT2D eigenvalue weighted by Crippen LogP contribution is 2.42. The molecule has 0 bridgehead atoms. The number of thiophene rings is 1. The van der Waals surface area contributed by atoms with Gasteiger partial charge in [0.25, 0.3) is 0 Å². The average molecular weight is 931 g/mol. The summed E-state index contributed by atoms with van der Waals surface area (Å²) in [7, 11) is 0. The number of aryl methyl sites for hydroxylation is 1. The minimum absolute atomic E-state index is 0.00945. The highest BCUT2D eigenvalue weighted by molar-refractivity contribution is 7.08. The summed E-state index contributed by atoms with van der Waals surface area (Å²) in [6.45, 7) is 7.40. The fraction of sp³-hybridized carbons (Fsp3) is 0.413. The van der Waals surface area contributed by atoms with E-state index < -0.39 is 70.2 Å². The Labute approximate surface area is 384 Å². The van der Waals surface area contributed by atoms with Gasteiger partial charge in [0.05, 0.1) is 23.7 Å². The number of aromatic carboxylic acids is 1. The number of pyridine rings is 1. The summed E-state index contributed by atoms with van der Waals surface area (Å²) >= 11 is 1.42. The van der Waals surface area contributed by atoms with Gasteiger partial charge in [-0.05, 0) is 84.8 Å². The van der Waals surface area contributed by atoms with Crippen LogP contribution in [0.4, 0.5) is 25.4 Å². The number of ether oxygens (including phenoxy) is 2. The van der Waals surface area contributed by atoms with Crippen LogP contribution in [0, 0.1) is 11.2 Å². The standard InChI is InChI=1S/C46H55FN8O10S/c1-3-20-64-39(56)23-36(30-12-21-66-28-30)52-43(61)46(13-6-14-46)42(60)51-32(7-5-15-49-44(48)62)25-50-31-10-8-29(9-11-31)27-65-45(63)55-18-16-54(17-19-55)38-24-37-33(22-35(38)47)40(57)34(41(58)59)26-53(37)4-2/h3,8-12,21-22,24,26,28,32,36,50H,1,4-7,13-20,23,25,27H2,2H3,(H,51,60)(H,52,61)(H,58,59)(H3,48,49,62)/t32-,36-/m0/s1. The first-order chi connectivity index (χ1) is 31.7. The van der Waals surface area contributed by atoms with Gasteiger partial charge in [-0.3, -0.25) is 19.2 Å². The quantitative estimate of drug-likeness (QED) is 0.0284. The van der Waals surface area contributed by atoms with Crippen LogP contribution in [0.3, 0.4) is 0 Å². The summed E-state index contributed by atoms with van der Waals surface area (Å²) in [6.07, 6.45) is 4.35. The average Bonchev–Trinajstić information content (AvgIpc) is 3.83. The van der Waals surface area contributed by atoms with Crippen LogP contribution in [0.1, 0.15) is 73.0 Å². The van der Waals surface area contributed by atoms with Gasteiger partial charge >= 0.3 is 24.1 Å². The summed E-state index contributed by atoms with van der Waals surface area (Å²) in [6, 6.07) is 9.81. The van der Waals surface area contributed by atoms with Crippen molar-refractivity contribution in [3.05, 3.63) is 105 Å². The molecule has 1 aliphatic heterocycles. The van der Waals surface area contributed by atoms with E-state index in [-0.39, 0.29) is 56.9 Å². The van der Waals surface area contributed by atoms with Crippen molar-refractivity contribution in [3.8, 4) is 0 Å². The Bertz CT molecular complexity index is 2470. The number of carboxylic acid groups (broad SMARTS) is 1. The molecular formula is C46H55FN8O10S. The maximum Gasteiger partial charge on any atom is 0.410 e. The van der Waals surface area contributed by atoms with E-state index in [4.69, 9.17) is 15.2 Å². The third kappa shape index (κ3) is 11.8. The number of carboxylic acids is 1. The van der Waals surface area contributed by atoms with Crippen molar-refractivity contribution in [2.75, 3.05) is 56.1 Å². The van der Waals surface area contributed by atoms with E-state index in [1.54, 1.807) is 46.7 Å². The van der Waals surface area contributed by atoms with Gasteiger partial charge in [-0.1, -0.05) is 31.2 Å².